The number of aromatic nitrogens is 2. The quantitative estimate of drug-likeness (QED) is 0.251. The lowest BCUT2D eigenvalue weighted by atomic mass is 9.90. The third kappa shape index (κ3) is 6.24. The zero-order chi connectivity index (χ0) is 32.6. The monoisotopic (exact) mass is 625 g/mol. The zero-order valence-corrected chi connectivity index (χ0v) is 26.7. The lowest BCUT2D eigenvalue weighted by molar-refractivity contribution is -0.131. The molecule has 46 heavy (non-hydrogen) atoms. The molecule has 3 aromatic rings. The molecule has 2 saturated heterocycles. The van der Waals surface area contributed by atoms with Crippen LogP contribution in [0.4, 0.5) is 10.1 Å². The number of nitrogens with zero attached hydrogens (tertiary/aromatic N) is 5. The number of hydrogen-bond acceptors (Lipinski definition) is 6. The van der Waals surface area contributed by atoms with Gasteiger partial charge < -0.3 is 20.3 Å². The van der Waals surface area contributed by atoms with Gasteiger partial charge in [0.1, 0.15) is 11.9 Å². The maximum absolute atomic E-state index is 14.8. The molecule has 3 fully saturated rings. The van der Waals surface area contributed by atoms with Crippen LogP contribution in [0, 0.1) is 6.92 Å². The molecule has 0 radical (unpaired) electrons. The number of alkyl halides is 1. The van der Waals surface area contributed by atoms with Crippen LogP contribution in [0.1, 0.15) is 48.8 Å². The summed E-state index contributed by atoms with van der Waals surface area (Å²) in [5.41, 5.74) is 3.81. The van der Waals surface area contributed by atoms with Crippen molar-refractivity contribution in [2.24, 2.45) is 17.0 Å². The van der Waals surface area contributed by atoms with Crippen LogP contribution in [-0.4, -0.2) is 83.1 Å². The van der Waals surface area contributed by atoms with E-state index in [2.05, 4.69) is 37.3 Å². The van der Waals surface area contributed by atoms with E-state index in [1.807, 2.05) is 63.4 Å². The van der Waals surface area contributed by atoms with Crippen molar-refractivity contribution in [3.63, 3.8) is 0 Å². The number of aliphatic imine (C=N–C) groups is 2. The van der Waals surface area contributed by atoms with Crippen LogP contribution >= 0.6 is 0 Å². The summed E-state index contributed by atoms with van der Waals surface area (Å²) in [6.07, 6.45) is 5.23. The van der Waals surface area contributed by atoms with Crippen molar-refractivity contribution in [1.29, 1.82) is 0 Å². The van der Waals surface area contributed by atoms with E-state index in [9.17, 15) is 14.0 Å². The third-order valence-electron chi connectivity index (χ3n) is 9.28. The standard InChI is InChI=1S/C35H40FN7O3/c1-21-18-39-42(5)32(21)23-9-11-26(12-10-23)40-33(44)31(41-34(45)35(36)13-14-35)22(2)24-7-6-8-25(15-24)29(37-3)17-30(38-4)43-19-28-16-27(43)20-46-28/h6-12,15,17-18,22,27-28,31H,3,13-14,16,19-20H2,1-2,4-5H3,(H,40,44)(H,41,45)/b29-17-,38-30+/t22-,27+,28+,31+/m1/s1. The normalized spacial score (nSPS) is 21.5. The summed E-state index contributed by atoms with van der Waals surface area (Å²) in [5.74, 6) is -0.897. The van der Waals surface area contributed by atoms with Crippen LogP contribution < -0.4 is 10.6 Å². The van der Waals surface area contributed by atoms with Gasteiger partial charge in [0.2, 0.25) is 5.91 Å². The zero-order valence-electron chi connectivity index (χ0n) is 26.7. The molecule has 1 aliphatic carbocycles. The molecule has 2 amide bonds. The van der Waals surface area contributed by atoms with Gasteiger partial charge in [-0.05, 0) is 62.2 Å². The fourth-order valence-corrected chi connectivity index (χ4v) is 6.39. The van der Waals surface area contributed by atoms with Gasteiger partial charge in [-0.3, -0.25) is 24.3 Å². The molecule has 240 valence electrons. The Morgan fingerprint density at radius 2 is 1.98 bits per heavy atom. The van der Waals surface area contributed by atoms with Gasteiger partial charge in [0.05, 0.1) is 36.3 Å². The number of fused-ring (bicyclic) bond motifs is 2. The highest BCUT2D eigenvalue weighted by Crippen LogP contribution is 2.40. The van der Waals surface area contributed by atoms with E-state index < -0.39 is 29.4 Å². The maximum atomic E-state index is 14.8. The number of carbonyl (C=O) groups is 2. The van der Waals surface area contributed by atoms with Gasteiger partial charge in [0, 0.05) is 49.4 Å². The second-order valence-electron chi connectivity index (χ2n) is 12.5. The molecule has 1 saturated carbocycles. The van der Waals surface area contributed by atoms with Gasteiger partial charge in [0.15, 0.2) is 5.67 Å². The number of anilines is 1. The summed E-state index contributed by atoms with van der Waals surface area (Å²) in [4.78, 5) is 37.7. The Hall–Kier alpha value is -4.64. The van der Waals surface area contributed by atoms with Gasteiger partial charge in [-0.15, -0.1) is 0 Å². The Bertz CT molecular complexity index is 1690. The van der Waals surface area contributed by atoms with Gasteiger partial charge in [0.25, 0.3) is 5.91 Å². The number of hydrogen-bond donors (Lipinski definition) is 2. The lowest BCUT2D eigenvalue weighted by Crippen LogP contribution is -2.50. The van der Waals surface area contributed by atoms with Crippen LogP contribution in [0.3, 0.4) is 0 Å². The Balaban J connectivity index is 1.24. The Kier molecular flexibility index (Phi) is 8.61. The molecule has 0 unspecified atom stereocenters. The average molecular weight is 626 g/mol. The van der Waals surface area contributed by atoms with Crippen molar-refractivity contribution in [2.75, 3.05) is 25.5 Å². The van der Waals surface area contributed by atoms with Crippen molar-refractivity contribution in [3.05, 3.63) is 77.5 Å². The van der Waals surface area contributed by atoms with Gasteiger partial charge in [-0.1, -0.05) is 37.3 Å². The van der Waals surface area contributed by atoms with Crippen LogP contribution in [0.5, 0.6) is 0 Å². The minimum absolute atomic E-state index is 0.150. The number of benzene rings is 2. The Morgan fingerprint density at radius 1 is 1.22 bits per heavy atom. The molecule has 3 heterocycles. The number of carbonyl (C=O) groups excluding carboxylic acids is 2. The van der Waals surface area contributed by atoms with E-state index >= 15 is 0 Å². The molecule has 4 atom stereocenters. The highest BCUT2D eigenvalue weighted by atomic mass is 19.1. The molecule has 2 aromatic carbocycles. The molecule has 1 aromatic heterocycles. The lowest BCUT2D eigenvalue weighted by Gasteiger charge is -2.28. The smallest absolute Gasteiger partial charge is 0.258 e. The van der Waals surface area contributed by atoms with E-state index in [1.165, 1.54) is 0 Å². The number of aryl methyl sites for hydroxylation is 2. The first-order chi connectivity index (χ1) is 22.1. The highest BCUT2D eigenvalue weighted by Gasteiger charge is 2.52. The minimum Gasteiger partial charge on any atom is -0.374 e. The Labute approximate surface area is 268 Å². The first kappa shape index (κ1) is 31.3. The number of likely N-dealkylation sites (tertiary alicyclic amines) is 1. The summed E-state index contributed by atoms with van der Waals surface area (Å²) < 4.78 is 22.4. The van der Waals surface area contributed by atoms with E-state index in [1.54, 1.807) is 30.1 Å². The van der Waals surface area contributed by atoms with E-state index in [-0.39, 0.29) is 18.9 Å². The van der Waals surface area contributed by atoms with Crippen molar-refractivity contribution in [1.82, 2.24) is 20.0 Å². The largest absolute Gasteiger partial charge is 0.374 e. The van der Waals surface area contributed by atoms with Gasteiger partial charge >= 0.3 is 0 Å². The van der Waals surface area contributed by atoms with Crippen molar-refractivity contribution in [2.45, 2.75) is 62.9 Å². The molecule has 10 nitrogen and oxygen atoms in total. The summed E-state index contributed by atoms with van der Waals surface area (Å²) in [6, 6.07) is 14.3. The molecule has 0 spiro atoms. The van der Waals surface area contributed by atoms with Crippen molar-refractivity contribution in [3.8, 4) is 11.3 Å². The second-order valence-corrected chi connectivity index (χ2v) is 12.5. The third-order valence-corrected chi connectivity index (χ3v) is 9.28. The average Bonchev–Trinajstić information content (AvgIpc) is 3.34. The van der Waals surface area contributed by atoms with Gasteiger partial charge in [-0.2, -0.15) is 5.10 Å². The predicted molar refractivity (Wildman–Crippen MR) is 178 cm³/mol. The van der Waals surface area contributed by atoms with Crippen LogP contribution in [0.2, 0.25) is 0 Å². The SMILES string of the molecule is C=N/C(=C\C(=N/C)N1C[C@@H]2C[C@H]1CO2)c1cccc([C@@H](C)[C@H](NC(=O)C2(F)CC2)C(=O)Nc2ccc(-c3c(C)cnn3C)cc2)c1. The molecule has 2 N–H and O–H groups in total. The fourth-order valence-electron chi connectivity index (χ4n) is 6.39. The molecule has 6 rings (SSSR count). The fraction of sp³-hybridized carbons (Fsp3) is 0.400. The Morgan fingerprint density at radius 3 is 2.57 bits per heavy atom. The molecular formula is C35H40FN7O3. The van der Waals surface area contributed by atoms with Crippen LogP contribution in [-0.2, 0) is 21.4 Å². The summed E-state index contributed by atoms with van der Waals surface area (Å²) in [6.45, 7) is 9.12. The minimum atomic E-state index is -1.93. The number of amides is 2. The molecular weight excluding hydrogens is 585 g/mol. The topological polar surface area (TPSA) is 113 Å². The predicted octanol–water partition coefficient (Wildman–Crippen LogP) is 4.67. The number of amidine groups is 1. The van der Waals surface area contributed by atoms with Gasteiger partial charge in [-0.25, -0.2) is 4.39 Å². The molecule has 2 bridgehead atoms. The van der Waals surface area contributed by atoms with Crippen molar-refractivity contribution >= 4 is 35.8 Å². The number of rotatable bonds is 10. The molecule has 3 aliphatic rings. The summed E-state index contributed by atoms with van der Waals surface area (Å²) in [5, 5.41) is 9.95. The van der Waals surface area contributed by atoms with Crippen LogP contribution in [0.25, 0.3) is 17.0 Å². The highest BCUT2D eigenvalue weighted by molar-refractivity contribution is 6.01. The number of halogens is 1. The number of nitrogens with one attached hydrogen (secondary N) is 2. The van der Waals surface area contributed by atoms with Crippen molar-refractivity contribution < 1.29 is 18.7 Å². The number of ether oxygens (including phenoxy) is 1. The molecule has 2 aliphatic heterocycles. The first-order valence-electron chi connectivity index (χ1n) is 15.6. The number of morpholine rings is 1. The van der Waals surface area contributed by atoms with E-state index in [0.717, 1.165) is 46.7 Å². The van der Waals surface area contributed by atoms with E-state index in [4.69, 9.17) is 4.74 Å². The summed E-state index contributed by atoms with van der Waals surface area (Å²) in [7, 11) is 3.64. The molecule has 11 heteroatoms. The first-order valence-corrected chi connectivity index (χ1v) is 15.6. The second kappa shape index (κ2) is 12.6. The van der Waals surface area contributed by atoms with E-state index in [0.29, 0.717) is 24.0 Å². The van der Waals surface area contributed by atoms with Crippen LogP contribution in [0.15, 0.2) is 70.8 Å². The summed E-state index contributed by atoms with van der Waals surface area (Å²) >= 11 is 0. The maximum Gasteiger partial charge on any atom is 0.258 e.